The van der Waals surface area contributed by atoms with E-state index in [2.05, 4.69) is 28.9 Å². The average Bonchev–Trinajstić information content (AvgIpc) is 3.08. The van der Waals surface area contributed by atoms with Crippen molar-refractivity contribution in [2.24, 2.45) is 5.92 Å². The Kier molecular flexibility index (Phi) is 2.92. The highest BCUT2D eigenvalue weighted by Gasteiger charge is 2.14. The highest BCUT2D eigenvalue weighted by Crippen LogP contribution is 2.27. The largest absolute Gasteiger partial charge is 0.454 e. The maximum atomic E-state index is 5.94. The lowest BCUT2D eigenvalue weighted by Crippen LogP contribution is -1.98. The molecule has 3 heterocycles. The van der Waals surface area contributed by atoms with Crippen LogP contribution in [-0.2, 0) is 6.42 Å². The van der Waals surface area contributed by atoms with Crippen molar-refractivity contribution >= 4 is 16.7 Å². The average molecular weight is 292 g/mol. The second kappa shape index (κ2) is 4.94. The molecule has 0 spiro atoms. The normalized spacial score (nSPS) is 11.8. The highest BCUT2D eigenvalue weighted by molar-refractivity contribution is 5.82. The molecule has 5 nitrogen and oxygen atoms in total. The summed E-state index contributed by atoms with van der Waals surface area (Å²) in [5.41, 5.74) is 1.73. The summed E-state index contributed by atoms with van der Waals surface area (Å²) in [6.07, 6.45) is 2.58. The summed E-state index contributed by atoms with van der Waals surface area (Å²) in [6, 6.07) is 11.9. The lowest BCUT2D eigenvalue weighted by atomic mass is 10.1. The van der Waals surface area contributed by atoms with Crippen molar-refractivity contribution in [1.29, 1.82) is 0 Å². The first-order chi connectivity index (χ1) is 10.7. The summed E-state index contributed by atoms with van der Waals surface area (Å²) in [5, 5.41) is 5.66. The minimum absolute atomic E-state index is 0.507. The van der Waals surface area contributed by atoms with Gasteiger partial charge in [0.15, 0.2) is 11.6 Å². The van der Waals surface area contributed by atoms with Crippen molar-refractivity contribution < 1.29 is 4.42 Å². The Morgan fingerprint density at radius 1 is 1.18 bits per heavy atom. The van der Waals surface area contributed by atoms with Crippen LogP contribution in [-0.4, -0.2) is 19.6 Å². The summed E-state index contributed by atoms with van der Waals surface area (Å²) in [6.45, 7) is 4.30. The van der Waals surface area contributed by atoms with Gasteiger partial charge >= 0.3 is 0 Å². The van der Waals surface area contributed by atoms with Crippen molar-refractivity contribution in [3.63, 3.8) is 0 Å². The molecular formula is C17H16N4O. The van der Waals surface area contributed by atoms with Crippen molar-refractivity contribution in [3.8, 4) is 11.5 Å². The second-order valence-corrected chi connectivity index (χ2v) is 5.82. The van der Waals surface area contributed by atoms with E-state index in [0.717, 1.165) is 34.7 Å². The Labute approximate surface area is 127 Å². The molecule has 0 N–H and O–H groups in total. The zero-order chi connectivity index (χ0) is 15.1. The molecule has 4 aromatic rings. The van der Waals surface area contributed by atoms with Crippen LogP contribution < -0.4 is 0 Å². The molecule has 0 aliphatic rings. The van der Waals surface area contributed by atoms with Crippen molar-refractivity contribution in [3.05, 3.63) is 48.4 Å². The van der Waals surface area contributed by atoms with E-state index in [1.165, 1.54) is 0 Å². The molecule has 4 rings (SSSR count). The van der Waals surface area contributed by atoms with Crippen molar-refractivity contribution in [2.45, 2.75) is 20.3 Å². The number of fused-ring (bicyclic) bond motifs is 2. The van der Waals surface area contributed by atoms with Crippen LogP contribution in [0.5, 0.6) is 0 Å². The number of rotatable bonds is 3. The molecule has 0 saturated heterocycles. The molecule has 110 valence electrons. The predicted octanol–water partition coefficient (Wildman–Crippen LogP) is 3.74. The Hall–Kier alpha value is -2.69. The Balaban J connectivity index is 1.88. The van der Waals surface area contributed by atoms with E-state index in [1.54, 1.807) is 10.7 Å². The maximum absolute atomic E-state index is 5.94. The minimum atomic E-state index is 0.507. The van der Waals surface area contributed by atoms with Crippen LogP contribution in [0, 0.1) is 5.92 Å². The summed E-state index contributed by atoms with van der Waals surface area (Å²) >= 11 is 0. The van der Waals surface area contributed by atoms with Crippen LogP contribution in [0.15, 0.2) is 47.0 Å². The number of benzene rings is 1. The van der Waals surface area contributed by atoms with Gasteiger partial charge in [-0.3, -0.25) is 0 Å². The Bertz CT molecular complexity index is 919. The maximum Gasteiger partial charge on any atom is 0.253 e. The minimum Gasteiger partial charge on any atom is -0.454 e. The fraction of sp³-hybridized carbons (Fsp3) is 0.235. The zero-order valence-corrected chi connectivity index (χ0v) is 12.5. The van der Waals surface area contributed by atoms with Gasteiger partial charge in [-0.15, -0.1) is 5.10 Å². The molecule has 0 unspecified atom stereocenters. The number of hydrogen-bond donors (Lipinski definition) is 0. The number of hydrogen-bond acceptors (Lipinski definition) is 4. The van der Waals surface area contributed by atoms with E-state index in [9.17, 15) is 0 Å². The molecule has 0 aliphatic carbocycles. The molecule has 5 heteroatoms. The standard InChI is InChI=1S/C17H16N4O/c1-11(2)9-16-19-17-18-8-7-13(21(17)20-16)15-10-12-5-3-4-6-14(12)22-15/h3-8,10-11H,9H2,1-2H3. The van der Waals surface area contributed by atoms with Gasteiger partial charge < -0.3 is 4.42 Å². The van der Waals surface area contributed by atoms with E-state index in [4.69, 9.17) is 4.42 Å². The van der Waals surface area contributed by atoms with Crippen LogP contribution in [0.1, 0.15) is 19.7 Å². The monoisotopic (exact) mass is 292 g/mol. The Morgan fingerprint density at radius 2 is 2.05 bits per heavy atom. The molecule has 0 aliphatic heterocycles. The first-order valence-corrected chi connectivity index (χ1v) is 7.40. The fourth-order valence-electron chi connectivity index (χ4n) is 2.58. The summed E-state index contributed by atoms with van der Waals surface area (Å²) in [4.78, 5) is 8.79. The second-order valence-electron chi connectivity index (χ2n) is 5.82. The highest BCUT2D eigenvalue weighted by atomic mass is 16.3. The van der Waals surface area contributed by atoms with Crippen molar-refractivity contribution in [1.82, 2.24) is 19.6 Å². The molecule has 0 atom stereocenters. The molecule has 0 bridgehead atoms. The van der Waals surface area contributed by atoms with E-state index in [1.807, 2.05) is 36.4 Å². The predicted molar refractivity (Wildman–Crippen MR) is 84.5 cm³/mol. The van der Waals surface area contributed by atoms with Gasteiger partial charge in [0.2, 0.25) is 0 Å². The van der Waals surface area contributed by atoms with Crippen LogP contribution in [0.2, 0.25) is 0 Å². The lowest BCUT2D eigenvalue weighted by molar-refractivity contribution is 0.614. The van der Waals surface area contributed by atoms with Crippen LogP contribution >= 0.6 is 0 Å². The third-order valence-electron chi connectivity index (χ3n) is 3.55. The van der Waals surface area contributed by atoms with Gasteiger partial charge in [-0.05, 0) is 24.1 Å². The van der Waals surface area contributed by atoms with E-state index >= 15 is 0 Å². The smallest absolute Gasteiger partial charge is 0.253 e. The lowest BCUT2D eigenvalue weighted by Gasteiger charge is -1.99. The molecule has 0 saturated carbocycles. The van der Waals surface area contributed by atoms with Crippen LogP contribution in [0.3, 0.4) is 0 Å². The quantitative estimate of drug-likeness (QED) is 0.577. The van der Waals surface area contributed by atoms with E-state index < -0.39 is 0 Å². The molecule has 3 aromatic heterocycles. The molecule has 22 heavy (non-hydrogen) atoms. The third-order valence-corrected chi connectivity index (χ3v) is 3.55. The summed E-state index contributed by atoms with van der Waals surface area (Å²) in [7, 11) is 0. The third kappa shape index (κ3) is 2.15. The number of furan rings is 1. The van der Waals surface area contributed by atoms with Gasteiger partial charge in [0.25, 0.3) is 5.78 Å². The summed E-state index contributed by atoms with van der Waals surface area (Å²) < 4.78 is 7.70. The number of aromatic nitrogens is 4. The van der Waals surface area contributed by atoms with Gasteiger partial charge in [-0.1, -0.05) is 32.0 Å². The SMILES string of the molecule is CC(C)Cc1nc2nccc(-c3cc4ccccc4o3)n2n1. The van der Waals surface area contributed by atoms with Crippen molar-refractivity contribution in [2.75, 3.05) is 0 Å². The first-order valence-electron chi connectivity index (χ1n) is 7.40. The topological polar surface area (TPSA) is 56.2 Å². The molecule has 0 fully saturated rings. The van der Waals surface area contributed by atoms with Gasteiger partial charge in [-0.25, -0.2) is 4.98 Å². The number of para-hydroxylation sites is 1. The van der Waals surface area contributed by atoms with E-state index in [0.29, 0.717) is 11.7 Å². The summed E-state index contributed by atoms with van der Waals surface area (Å²) in [5.74, 6) is 2.70. The number of nitrogens with zero attached hydrogens (tertiary/aromatic N) is 4. The van der Waals surface area contributed by atoms with E-state index in [-0.39, 0.29) is 0 Å². The first kappa shape index (κ1) is 13.0. The van der Waals surface area contributed by atoms with Gasteiger partial charge in [-0.2, -0.15) is 9.50 Å². The molecule has 1 aromatic carbocycles. The van der Waals surface area contributed by atoms with Crippen LogP contribution in [0.25, 0.3) is 28.2 Å². The van der Waals surface area contributed by atoms with Gasteiger partial charge in [0.05, 0.1) is 0 Å². The van der Waals surface area contributed by atoms with Crippen LogP contribution in [0.4, 0.5) is 0 Å². The Morgan fingerprint density at radius 3 is 2.86 bits per heavy atom. The van der Waals surface area contributed by atoms with Gasteiger partial charge in [0.1, 0.15) is 11.3 Å². The fourth-order valence-corrected chi connectivity index (χ4v) is 2.58. The van der Waals surface area contributed by atoms with Gasteiger partial charge in [0, 0.05) is 18.0 Å². The molecular weight excluding hydrogens is 276 g/mol. The zero-order valence-electron chi connectivity index (χ0n) is 12.5. The molecule has 0 radical (unpaired) electrons. The molecule has 0 amide bonds.